The molecule has 0 aliphatic rings. The molecule has 0 heterocycles. The van der Waals surface area contributed by atoms with Crippen LogP contribution in [0.15, 0.2) is 36.4 Å². The first-order valence-corrected chi connectivity index (χ1v) is 8.41. The maximum absolute atomic E-state index is 11.0. The highest BCUT2D eigenvalue weighted by molar-refractivity contribution is 7.33. The molecule has 2 rings (SSSR count). The molecule has 2 aromatic carbocycles. The van der Waals surface area contributed by atoms with Crippen molar-refractivity contribution in [2.75, 3.05) is 25.6 Å². The quantitative estimate of drug-likeness (QED) is 0.480. The van der Waals surface area contributed by atoms with Gasteiger partial charge >= 0.3 is 8.25 Å². The Morgan fingerprint density at radius 2 is 1.74 bits per heavy atom. The molecule has 0 amide bonds. The van der Waals surface area contributed by atoms with Crippen molar-refractivity contribution in [2.45, 2.75) is 13.8 Å². The molecule has 7 nitrogen and oxygen atoms in total. The summed E-state index contributed by atoms with van der Waals surface area (Å²) in [6.07, 6.45) is 0. The molecule has 0 bridgehead atoms. The fourth-order valence-corrected chi connectivity index (χ4v) is 2.49. The average Bonchev–Trinajstić information content (AvgIpc) is 2.54. The molecule has 126 valence electrons. The SMILES string of the molecule is CCO[PH](=O)OCC.CNc1ccc2ccccc2c1[N+](=O)[O-]. The number of nitro benzene ring substituents is 1. The van der Waals surface area contributed by atoms with Gasteiger partial charge < -0.3 is 14.4 Å². The highest BCUT2D eigenvalue weighted by atomic mass is 31.1. The van der Waals surface area contributed by atoms with Crippen LogP contribution in [0.25, 0.3) is 10.8 Å². The van der Waals surface area contributed by atoms with E-state index in [1.807, 2.05) is 18.2 Å². The molecule has 0 saturated heterocycles. The summed E-state index contributed by atoms with van der Waals surface area (Å²) >= 11 is 0. The fraction of sp³-hybridized carbons (Fsp3) is 0.333. The molecule has 0 atom stereocenters. The van der Waals surface area contributed by atoms with Crippen LogP contribution < -0.4 is 5.32 Å². The largest absolute Gasteiger partial charge is 0.383 e. The maximum Gasteiger partial charge on any atom is 0.319 e. The van der Waals surface area contributed by atoms with Gasteiger partial charge in [0, 0.05) is 7.05 Å². The van der Waals surface area contributed by atoms with Crippen molar-refractivity contribution in [1.82, 2.24) is 0 Å². The van der Waals surface area contributed by atoms with Gasteiger partial charge in [-0.3, -0.25) is 14.7 Å². The van der Waals surface area contributed by atoms with Gasteiger partial charge in [-0.05, 0) is 31.4 Å². The summed E-state index contributed by atoms with van der Waals surface area (Å²) in [5.41, 5.74) is 0.675. The number of hydrogen-bond acceptors (Lipinski definition) is 6. The summed E-state index contributed by atoms with van der Waals surface area (Å²) in [6, 6.07) is 10.9. The summed E-state index contributed by atoms with van der Waals surface area (Å²) in [6.45, 7) is 4.47. The number of nitrogens with zero attached hydrogens (tertiary/aromatic N) is 1. The van der Waals surface area contributed by atoms with Crippen molar-refractivity contribution in [3.63, 3.8) is 0 Å². The molecule has 0 aliphatic heterocycles. The van der Waals surface area contributed by atoms with Crippen molar-refractivity contribution >= 4 is 30.4 Å². The number of rotatable bonds is 6. The number of nitrogens with one attached hydrogen (secondary N) is 1. The topological polar surface area (TPSA) is 90.7 Å². The molecule has 0 spiro atoms. The molecule has 0 saturated carbocycles. The van der Waals surface area contributed by atoms with E-state index >= 15 is 0 Å². The third-order valence-electron chi connectivity index (χ3n) is 2.88. The zero-order valence-electron chi connectivity index (χ0n) is 13.4. The average molecular weight is 340 g/mol. The van der Waals surface area contributed by atoms with E-state index in [0.29, 0.717) is 24.3 Å². The third-order valence-corrected chi connectivity index (χ3v) is 3.93. The van der Waals surface area contributed by atoms with Crippen LogP contribution in [0.5, 0.6) is 0 Å². The molecule has 1 N–H and O–H groups in total. The second-order valence-electron chi connectivity index (χ2n) is 4.31. The van der Waals surface area contributed by atoms with Gasteiger partial charge in [-0.2, -0.15) is 0 Å². The normalized spacial score (nSPS) is 10.3. The standard InChI is InChI=1S/C11H10N2O2.C4H11O3P/c1-12-10-7-6-8-4-2-3-5-9(8)11(10)13(14)15;1-3-6-8(5)7-4-2/h2-7,12H,1H3;8H,3-4H2,1-2H3. The molecular formula is C15H21N2O5P. The van der Waals surface area contributed by atoms with Crippen LogP contribution in [-0.4, -0.2) is 25.2 Å². The first kappa shape index (κ1) is 19.1. The predicted octanol–water partition coefficient (Wildman–Crippen LogP) is 4.24. The van der Waals surface area contributed by atoms with E-state index in [9.17, 15) is 14.7 Å². The first-order chi connectivity index (χ1) is 11.0. The van der Waals surface area contributed by atoms with E-state index in [4.69, 9.17) is 0 Å². The molecule has 0 unspecified atom stereocenters. The van der Waals surface area contributed by atoms with E-state index in [1.54, 1.807) is 39.1 Å². The first-order valence-electron chi connectivity index (χ1n) is 7.18. The summed E-state index contributed by atoms with van der Waals surface area (Å²) in [5.74, 6) is 0. The molecule has 0 fully saturated rings. The minimum atomic E-state index is -2.14. The number of nitro groups is 1. The minimum absolute atomic E-state index is 0.135. The Hall–Kier alpha value is -1.95. The molecule has 0 aromatic heterocycles. The number of hydrogen-bond donors (Lipinski definition) is 1. The summed E-state index contributed by atoms with van der Waals surface area (Å²) in [4.78, 5) is 10.6. The Labute approximate surface area is 135 Å². The number of benzene rings is 2. The lowest BCUT2D eigenvalue weighted by atomic mass is 10.1. The molecule has 0 radical (unpaired) electrons. The minimum Gasteiger partial charge on any atom is -0.383 e. The Kier molecular flexibility index (Phi) is 8.26. The van der Waals surface area contributed by atoms with Gasteiger partial charge in [0.1, 0.15) is 5.69 Å². The highest BCUT2D eigenvalue weighted by Crippen LogP contribution is 2.32. The summed E-state index contributed by atoms with van der Waals surface area (Å²) < 4.78 is 19.6. The lowest BCUT2D eigenvalue weighted by Crippen LogP contribution is -1.97. The zero-order chi connectivity index (χ0) is 17.2. The van der Waals surface area contributed by atoms with Crippen molar-refractivity contribution < 1.29 is 18.5 Å². The van der Waals surface area contributed by atoms with Gasteiger partial charge in [-0.25, -0.2) is 0 Å². The molecule has 23 heavy (non-hydrogen) atoms. The number of anilines is 1. The van der Waals surface area contributed by atoms with Gasteiger partial charge in [0.25, 0.3) is 5.69 Å². The van der Waals surface area contributed by atoms with Crippen LogP contribution in [0.2, 0.25) is 0 Å². The van der Waals surface area contributed by atoms with Crippen LogP contribution in [-0.2, 0) is 13.6 Å². The van der Waals surface area contributed by atoms with Crippen molar-refractivity contribution in [3.05, 3.63) is 46.5 Å². The summed E-state index contributed by atoms with van der Waals surface area (Å²) in [7, 11) is -0.464. The van der Waals surface area contributed by atoms with E-state index in [-0.39, 0.29) is 10.6 Å². The summed E-state index contributed by atoms with van der Waals surface area (Å²) in [5, 5.41) is 15.3. The van der Waals surface area contributed by atoms with Crippen LogP contribution >= 0.6 is 8.25 Å². The van der Waals surface area contributed by atoms with Crippen molar-refractivity contribution in [2.24, 2.45) is 0 Å². The van der Waals surface area contributed by atoms with Crippen molar-refractivity contribution in [1.29, 1.82) is 0 Å². The van der Waals surface area contributed by atoms with Crippen LogP contribution in [0.3, 0.4) is 0 Å². The number of fused-ring (bicyclic) bond motifs is 1. The maximum atomic E-state index is 11.0. The van der Waals surface area contributed by atoms with Gasteiger partial charge in [0.15, 0.2) is 0 Å². The van der Waals surface area contributed by atoms with Crippen LogP contribution in [0, 0.1) is 10.1 Å². The lowest BCUT2D eigenvalue weighted by Gasteiger charge is -2.04. The van der Waals surface area contributed by atoms with Gasteiger partial charge in [0.2, 0.25) is 0 Å². The molecule has 2 aromatic rings. The van der Waals surface area contributed by atoms with E-state index in [2.05, 4.69) is 14.4 Å². The second-order valence-corrected chi connectivity index (χ2v) is 5.38. The predicted molar refractivity (Wildman–Crippen MR) is 92.4 cm³/mol. The molecule has 0 aliphatic carbocycles. The monoisotopic (exact) mass is 340 g/mol. The Morgan fingerprint density at radius 3 is 2.26 bits per heavy atom. The smallest absolute Gasteiger partial charge is 0.319 e. The van der Waals surface area contributed by atoms with Gasteiger partial charge in [0.05, 0.1) is 23.5 Å². The Balaban J connectivity index is 0.000000284. The van der Waals surface area contributed by atoms with E-state index in [1.165, 1.54) is 0 Å². The van der Waals surface area contributed by atoms with Crippen LogP contribution in [0.1, 0.15) is 13.8 Å². The zero-order valence-corrected chi connectivity index (χ0v) is 14.4. The molecular weight excluding hydrogens is 319 g/mol. The Morgan fingerprint density at radius 1 is 1.13 bits per heavy atom. The van der Waals surface area contributed by atoms with Gasteiger partial charge in [-0.15, -0.1) is 0 Å². The lowest BCUT2D eigenvalue weighted by molar-refractivity contribution is -0.382. The van der Waals surface area contributed by atoms with E-state index in [0.717, 1.165) is 5.39 Å². The second kappa shape index (κ2) is 9.94. The third kappa shape index (κ3) is 5.63. The van der Waals surface area contributed by atoms with E-state index < -0.39 is 8.25 Å². The van der Waals surface area contributed by atoms with Crippen molar-refractivity contribution in [3.8, 4) is 0 Å². The fourth-order valence-electron chi connectivity index (χ4n) is 1.93. The highest BCUT2D eigenvalue weighted by Gasteiger charge is 2.16. The molecule has 8 heteroatoms. The van der Waals surface area contributed by atoms with Gasteiger partial charge in [-0.1, -0.05) is 24.3 Å². The Bertz CT molecular complexity index is 670. The van der Waals surface area contributed by atoms with Crippen LogP contribution in [0.4, 0.5) is 11.4 Å².